The predicted molar refractivity (Wildman–Crippen MR) is 116 cm³/mol. The van der Waals surface area contributed by atoms with E-state index in [9.17, 15) is 9.59 Å². The number of benzene rings is 1. The van der Waals surface area contributed by atoms with Gasteiger partial charge in [0.25, 0.3) is 5.91 Å². The molecule has 1 aromatic carbocycles. The van der Waals surface area contributed by atoms with Gasteiger partial charge in [-0.15, -0.1) is 0 Å². The standard InChI is InChI=1S/C22H22N6O3/c1-13-18(14(2)27-10-9-23-20(29)19(13)27)17-7-8-24-21(26-17)25-15-3-5-16(6-4-15)28-11-12-31-22(28)30/h3-8H,9-12H2,1-2H3,(H,23,29)(H,24,25,26). The Bertz CT molecular complexity index is 1180. The van der Waals surface area contributed by atoms with E-state index in [1.54, 1.807) is 11.1 Å². The van der Waals surface area contributed by atoms with Crippen molar-refractivity contribution in [3.05, 3.63) is 53.5 Å². The zero-order valence-corrected chi connectivity index (χ0v) is 17.3. The second kappa shape index (κ2) is 7.42. The topological polar surface area (TPSA) is 101 Å². The van der Waals surface area contributed by atoms with Crippen LogP contribution in [-0.4, -0.2) is 46.2 Å². The van der Waals surface area contributed by atoms with E-state index in [0.717, 1.165) is 40.4 Å². The first-order valence-electron chi connectivity index (χ1n) is 10.2. The van der Waals surface area contributed by atoms with E-state index in [1.165, 1.54) is 0 Å². The Balaban J connectivity index is 1.42. The molecule has 3 aromatic rings. The molecule has 0 saturated carbocycles. The van der Waals surface area contributed by atoms with Gasteiger partial charge in [0.1, 0.15) is 12.3 Å². The number of cyclic esters (lactones) is 1. The molecular formula is C22H22N6O3. The summed E-state index contributed by atoms with van der Waals surface area (Å²) in [5.41, 5.74) is 5.95. The Morgan fingerprint density at radius 3 is 2.61 bits per heavy atom. The summed E-state index contributed by atoms with van der Waals surface area (Å²) in [6, 6.07) is 9.30. The predicted octanol–water partition coefficient (Wildman–Crippen LogP) is 3.01. The molecule has 1 saturated heterocycles. The Morgan fingerprint density at radius 2 is 1.90 bits per heavy atom. The van der Waals surface area contributed by atoms with Crippen LogP contribution in [0.5, 0.6) is 0 Å². The van der Waals surface area contributed by atoms with E-state index < -0.39 is 0 Å². The highest BCUT2D eigenvalue weighted by Gasteiger charge is 2.27. The maximum Gasteiger partial charge on any atom is 0.414 e. The molecule has 2 N–H and O–H groups in total. The molecule has 9 heteroatoms. The molecule has 0 radical (unpaired) electrons. The molecule has 2 aliphatic heterocycles. The minimum absolute atomic E-state index is 0.0486. The Labute approximate surface area is 179 Å². The zero-order valence-electron chi connectivity index (χ0n) is 17.3. The summed E-state index contributed by atoms with van der Waals surface area (Å²) in [5, 5.41) is 6.11. The van der Waals surface area contributed by atoms with Crippen molar-refractivity contribution in [2.24, 2.45) is 0 Å². The lowest BCUT2D eigenvalue weighted by molar-refractivity contribution is 0.0926. The van der Waals surface area contributed by atoms with Gasteiger partial charge in [-0.1, -0.05) is 0 Å². The molecule has 5 rings (SSSR count). The Kier molecular flexibility index (Phi) is 4.58. The van der Waals surface area contributed by atoms with Crippen LogP contribution in [0.2, 0.25) is 0 Å². The van der Waals surface area contributed by atoms with Crippen molar-refractivity contribution >= 4 is 29.3 Å². The number of hydrogen-bond donors (Lipinski definition) is 2. The van der Waals surface area contributed by atoms with Gasteiger partial charge in [-0.25, -0.2) is 14.8 Å². The fourth-order valence-corrected chi connectivity index (χ4v) is 4.25. The number of amides is 2. The van der Waals surface area contributed by atoms with Crippen molar-refractivity contribution in [2.75, 3.05) is 29.9 Å². The molecule has 158 valence electrons. The van der Waals surface area contributed by atoms with Crippen molar-refractivity contribution in [1.82, 2.24) is 19.9 Å². The van der Waals surface area contributed by atoms with Gasteiger partial charge in [-0.05, 0) is 49.7 Å². The van der Waals surface area contributed by atoms with Gasteiger partial charge in [-0.3, -0.25) is 9.69 Å². The van der Waals surface area contributed by atoms with Gasteiger partial charge in [0, 0.05) is 41.9 Å². The molecular weight excluding hydrogens is 396 g/mol. The number of anilines is 3. The number of aromatic nitrogens is 3. The van der Waals surface area contributed by atoms with Gasteiger partial charge in [0.05, 0.1) is 12.2 Å². The van der Waals surface area contributed by atoms with Crippen LogP contribution in [0.1, 0.15) is 21.7 Å². The van der Waals surface area contributed by atoms with Crippen molar-refractivity contribution < 1.29 is 14.3 Å². The highest BCUT2D eigenvalue weighted by Crippen LogP contribution is 2.32. The molecule has 2 aliphatic rings. The molecule has 0 bridgehead atoms. The number of ether oxygens (including phenoxy) is 1. The summed E-state index contributed by atoms with van der Waals surface area (Å²) in [5.74, 6) is 0.408. The average Bonchev–Trinajstić information content (AvgIpc) is 3.30. The summed E-state index contributed by atoms with van der Waals surface area (Å²) in [6.45, 7) is 6.30. The third kappa shape index (κ3) is 3.27. The molecule has 0 spiro atoms. The number of carbonyl (C=O) groups excluding carboxylic acids is 2. The lowest BCUT2D eigenvalue weighted by atomic mass is 10.1. The molecule has 2 amide bonds. The second-order valence-corrected chi connectivity index (χ2v) is 7.54. The van der Waals surface area contributed by atoms with E-state index in [2.05, 4.69) is 25.2 Å². The van der Waals surface area contributed by atoms with Crippen LogP contribution >= 0.6 is 0 Å². The zero-order chi connectivity index (χ0) is 21.5. The number of rotatable bonds is 4. The van der Waals surface area contributed by atoms with Gasteiger partial charge < -0.3 is 19.9 Å². The number of fused-ring (bicyclic) bond motifs is 1. The number of nitrogens with zero attached hydrogens (tertiary/aromatic N) is 4. The number of hydrogen-bond acceptors (Lipinski definition) is 6. The van der Waals surface area contributed by atoms with E-state index in [-0.39, 0.29) is 12.0 Å². The van der Waals surface area contributed by atoms with Crippen molar-refractivity contribution in [3.8, 4) is 11.3 Å². The molecule has 9 nitrogen and oxygen atoms in total. The van der Waals surface area contributed by atoms with Crippen molar-refractivity contribution in [1.29, 1.82) is 0 Å². The first-order valence-corrected chi connectivity index (χ1v) is 10.2. The SMILES string of the molecule is Cc1c(-c2ccnc(Nc3ccc(N4CCOC4=O)cc3)n2)c(C)n2c1C(=O)NCC2. The van der Waals surface area contributed by atoms with Crippen LogP contribution in [0.25, 0.3) is 11.3 Å². The van der Waals surface area contributed by atoms with E-state index >= 15 is 0 Å². The first-order chi connectivity index (χ1) is 15.0. The van der Waals surface area contributed by atoms with Crippen LogP contribution in [0.4, 0.5) is 22.1 Å². The lowest BCUT2D eigenvalue weighted by Gasteiger charge is -2.17. The fraction of sp³-hybridized carbons (Fsp3) is 0.273. The minimum atomic E-state index is -0.327. The maximum absolute atomic E-state index is 12.3. The highest BCUT2D eigenvalue weighted by atomic mass is 16.6. The molecule has 2 aromatic heterocycles. The molecule has 0 atom stereocenters. The van der Waals surface area contributed by atoms with Crippen LogP contribution < -0.4 is 15.5 Å². The average molecular weight is 418 g/mol. The quantitative estimate of drug-likeness (QED) is 0.675. The summed E-state index contributed by atoms with van der Waals surface area (Å²) in [7, 11) is 0. The molecule has 0 unspecified atom stereocenters. The van der Waals surface area contributed by atoms with Gasteiger partial charge >= 0.3 is 6.09 Å². The molecule has 31 heavy (non-hydrogen) atoms. The number of nitrogens with one attached hydrogen (secondary N) is 2. The largest absolute Gasteiger partial charge is 0.447 e. The first kappa shape index (κ1) is 19.1. The summed E-state index contributed by atoms with van der Waals surface area (Å²) in [4.78, 5) is 34.7. The molecule has 4 heterocycles. The third-order valence-electron chi connectivity index (χ3n) is 5.71. The molecule has 0 aliphatic carbocycles. The lowest BCUT2D eigenvalue weighted by Crippen LogP contribution is -2.35. The van der Waals surface area contributed by atoms with Crippen LogP contribution in [0, 0.1) is 13.8 Å². The fourth-order valence-electron chi connectivity index (χ4n) is 4.25. The summed E-state index contributed by atoms with van der Waals surface area (Å²) < 4.78 is 7.04. The minimum Gasteiger partial charge on any atom is -0.447 e. The van der Waals surface area contributed by atoms with Crippen LogP contribution in [-0.2, 0) is 11.3 Å². The maximum atomic E-state index is 12.3. The van der Waals surface area contributed by atoms with Gasteiger partial charge in [0.15, 0.2) is 0 Å². The Hall–Kier alpha value is -3.88. The van der Waals surface area contributed by atoms with Crippen molar-refractivity contribution in [3.63, 3.8) is 0 Å². The third-order valence-corrected chi connectivity index (χ3v) is 5.71. The second-order valence-electron chi connectivity index (χ2n) is 7.54. The van der Waals surface area contributed by atoms with E-state index in [0.29, 0.717) is 31.3 Å². The van der Waals surface area contributed by atoms with E-state index in [1.807, 2.05) is 44.2 Å². The summed E-state index contributed by atoms with van der Waals surface area (Å²) >= 11 is 0. The smallest absolute Gasteiger partial charge is 0.414 e. The van der Waals surface area contributed by atoms with Crippen LogP contribution in [0.3, 0.4) is 0 Å². The number of carbonyl (C=O) groups is 2. The molecule has 1 fully saturated rings. The highest BCUT2D eigenvalue weighted by molar-refractivity contribution is 5.97. The van der Waals surface area contributed by atoms with Crippen molar-refractivity contribution in [2.45, 2.75) is 20.4 Å². The van der Waals surface area contributed by atoms with Gasteiger partial charge in [0.2, 0.25) is 5.95 Å². The van der Waals surface area contributed by atoms with Crippen LogP contribution in [0.15, 0.2) is 36.5 Å². The Morgan fingerprint density at radius 1 is 1.10 bits per heavy atom. The normalized spacial score (nSPS) is 15.5. The monoisotopic (exact) mass is 418 g/mol. The van der Waals surface area contributed by atoms with Gasteiger partial charge in [-0.2, -0.15) is 0 Å². The summed E-state index contributed by atoms with van der Waals surface area (Å²) in [6.07, 6.45) is 1.38. The van der Waals surface area contributed by atoms with E-state index in [4.69, 9.17) is 4.74 Å².